The average Bonchev–Trinajstić information content (AvgIpc) is 2.94. The number of pyridine rings is 2. The third-order valence-electron chi connectivity index (χ3n) is 6.99. The Labute approximate surface area is 234 Å². The van der Waals surface area contributed by atoms with Crippen LogP contribution in [-0.4, -0.2) is 19.1 Å². The molecule has 0 bridgehead atoms. The molecule has 1 atom stereocenters. The molecule has 0 saturated carbocycles. The first kappa shape index (κ1) is 26.8. The summed E-state index contributed by atoms with van der Waals surface area (Å²) in [6.07, 6.45) is 4.85. The quantitative estimate of drug-likeness (QED) is 0.307. The van der Waals surface area contributed by atoms with Crippen LogP contribution in [0.5, 0.6) is 0 Å². The number of aryl methyl sites for hydroxylation is 1. The van der Waals surface area contributed by atoms with Gasteiger partial charge in [0.25, 0.3) is 11.1 Å². The summed E-state index contributed by atoms with van der Waals surface area (Å²) < 4.78 is 17.6. The van der Waals surface area contributed by atoms with Crippen molar-refractivity contribution in [1.29, 1.82) is 5.26 Å². The van der Waals surface area contributed by atoms with Gasteiger partial charge in [-0.2, -0.15) is 5.26 Å². The minimum absolute atomic E-state index is 0.134. The minimum Gasteiger partial charge on any atom is -0.377 e. The number of halogens is 2. The van der Waals surface area contributed by atoms with Crippen LogP contribution in [0.3, 0.4) is 0 Å². The van der Waals surface area contributed by atoms with Crippen molar-refractivity contribution in [1.82, 2.24) is 19.1 Å². The Morgan fingerprint density at radius 2 is 1.75 bits per heavy atom. The number of fused-ring (bicyclic) bond motifs is 1. The summed E-state index contributed by atoms with van der Waals surface area (Å²) in [6, 6.07) is 12.7. The normalized spacial score (nSPS) is 11.8. The summed E-state index contributed by atoms with van der Waals surface area (Å²) in [7, 11) is 3.28. The molecule has 2 aromatic carbocycles. The molecule has 200 valence electrons. The van der Waals surface area contributed by atoms with E-state index in [9.17, 15) is 19.2 Å². The molecule has 0 radical (unpaired) electrons. The molecule has 0 spiro atoms. The highest BCUT2D eigenvalue weighted by Crippen LogP contribution is 2.31. The van der Waals surface area contributed by atoms with Gasteiger partial charge >= 0.3 is 0 Å². The number of aromatic nitrogens is 4. The molecule has 5 aromatic rings. The molecule has 0 fully saturated rings. The molecule has 8 nitrogen and oxygen atoms in total. The topological polar surface area (TPSA) is 106 Å². The number of hydrogen-bond acceptors (Lipinski definition) is 6. The first-order valence-corrected chi connectivity index (χ1v) is 12.7. The maximum atomic E-state index is 14.7. The molecule has 3 aromatic heterocycles. The van der Waals surface area contributed by atoms with Gasteiger partial charge in [0.05, 0.1) is 22.3 Å². The Balaban J connectivity index is 1.60. The molecule has 0 amide bonds. The van der Waals surface area contributed by atoms with Crippen LogP contribution in [-0.2, 0) is 14.1 Å². The molecule has 10 heteroatoms. The van der Waals surface area contributed by atoms with Crippen molar-refractivity contribution in [3.63, 3.8) is 0 Å². The fourth-order valence-corrected chi connectivity index (χ4v) is 4.95. The lowest BCUT2D eigenvalue weighted by Gasteiger charge is -2.20. The molecule has 3 heterocycles. The molecule has 0 unspecified atom stereocenters. The van der Waals surface area contributed by atoms with Gasteiger partial charge in [-0.1, -0.05) is 11.6 Å². The van der Waals surface area contributed by atoms with Crippen molar-refractivity contribution in [3.8, 4) is 28.7 Å². The average molecular weight is 555 g/mol. The van der Waals surface area contributed by atoms with Gasteiger partial charge in [-0.15, -0.1) is 0 Å². The van der Waals surface area contributed by atoms with Crippen LogP contribution < -0.4 is 16.4 Å². The van der Waals surface area contributed by atoms with Crippen LogP contribution in [0, 0.1) is 24.1 Å². The Kier molecular flexibility index (Phi) is 6.96. The zero-order valence-corrected chi connectivity index (χ0v) is 22.9. The summed E-state index contributed by atoms with van der Waals surface area (Å²) in [6.45, 7) is 3.55. The van der Waals surface area contributed by atoms with Gasteiger partial charge < -0.3 is 14.5 Å². The van der Waals surface area contributed by atoms with Gasteiger partial charge in [-0.3, -0.25) is 9.59 Å². The van der Waals surface area contributed by atoms with Gasteiger partial charge in [0.1, 0.15) is 11.9 Å². The number of benzene rings is 2. The third kappa shape index (κ3) is 4.74. The van der Waals surface area contributed by atoms with Crippen LogP contribution in [0.25, 0.3) is 33.4 Å². The van der Waals surface area contributed by atoms with Gasteiger partial charge in [-0.05, 0) is 67.3 Å². The van der Waals surface area contributed by atoms with Crippen molar-refractivity contribution >= 4 is 28.1 Å². The van der Waals surface area contributed by atoms with Crippen LogP contribution in [0.4, 0.5) is 10.1 Å². The lowest BCUT2D eigenvalue weighted by atomic mass is 9.98. The zero-order chi connectivity index (χ0) is 28.7. The Morgan fingerprint density at radius 3 is 2.45 bits per heavy atom. The SMILES string of the molecule is Cc1c(-c2ncc(-c3cc4c([C@@H](C)Nc5ccc(Cl)cc5C#N)cc(F)cc4c(=O)n3C)cn2)ccn(C)c1=O. The van der Waals surface area contributed by atoms with E-state index >= 15 is 0 Å². The third-order valence-corrected chi connectivity index (χ3v) is 7.23. The monoisotopic (exact) mass is 554 g/mol. The Bertz CT molecular complexity index is 1960. The predicted molar refractivity (Wildman–Crippen MR) is 154 cm³/mol. The van der Waals surface area contributed by atoms with Crippen molar-refractivity contribution in [2.75, 3.05) is 5.32 Å². The molecule has 5 rings (SSSR count). The minimum atomic E-state index is -0.547. The summed E-state index contributed by atoms with van der Waals surface area (Å²) in [5.74, 6) is -0.156. The van der Waals surface area contributed by atoms with Crippen molar-refractivity contribution in [3.05, 3.63) is 109 Å². The molecule has 40 heavy (non-hydrogen) atoms. The van der Waals surface area contributed by atoms with E-state index in [4.69, 9.17) is 11.6 Å². The van der Waals surface area contributed by atoms with Gasteiger partial charge in [0.2, 0.25) is 0 Å². The summed E-state index contributed by atoms with van der Waals surface area (Å²) in [5, 5.41) is 14.0. The first-order valence-electron chi connectivity index (χ1n) is 12.4. The second kappa shape index (κ2) is 10.4. The molecular formula is C30H24ClFN6O2. The number of nitrogens with one attached hydrogen (secondary N) is 1. The highest BCUT2D eigenvalue weighted by atomic mass is 35.5. The number of nitrogens with zero attached hydrogens (tertiary/aromatic N) is 5. The van der Waals surface area contributed by atoms with Crippen LogP contribution in [0.15, 0.2) is 70.6 Å². The second-order valence-electron chi connectivity index (χ2n) is 9.58. The molecule has 0 saturated heterocycles. The predicted octanol–water partition coefficient (Wildman–Crippen LogP) is 5.51. The number of hydrogen-bond donors (Lipinski definition) is 1. The molecule has 0 aliphatic carbocycles. The van der Waals surface area contributed by atoms with E-state index < -0.39 is 11.9 Å². The zero-order valence-electron chi connectivity index (χ0n) is 22.2. The van der Waals surface area contributed by atoms with Crippen molar-refractivity contribution < 1.29 is 4.39 Å². The van der Waals surface area contributed by atoms with E-state index in [1.165, 1.54) is 21.3 Å². The van der Waals surface area contributed by atoms with Crippen LogP contribution >= 0.6 is 11.6 Å². The summed E-state index contributed by atoms with van der Waals surface area (Å²) >= 11 is 6.03. The maximum absolute atomic E-state index is 14.7. The summed E-state index contributed by atoms with van der Waals surface area (Å²) in [5.41, 5.74) is 3.18. The summed E-state index contributed by atoms with van der Waals surface area (Å²) in [4.78, 5) is 34.7. The standard InChI is InChI=1S/C30H24ClFN6O2/c1-16-22(7-8-37(3)29(16)39)28-34-14-19(15-35-28)27-12-24-23(10-21(32)11-25(24)30(40)38(27)4)17(2)36-26-6-5-20(31)9-18(26)13-33/h5-12,14-15,17,36H,1-4H3/t17-/m1/s1. The van der Waals surface area contributed by atoms with Crippen molar-refractivity contribution in [2.45, 2.75) is 19.9 Å². The van der Waals surface area contributed by atoms with E-state index in [-0.39, 0.29) is 16.5 Å². The fraction of sp³-hybridized carbons (Fsp3) is 0.167. The molecule has 1 N–H and O–H groups in total. The number of rotatable bonds is 5. The second-order valence-corrected chi connectivity index (χ2v) is 10.0. The Hall–Kier alpha value is -4.81. The van der Waals surface area contributed by atoms with Gasteiger partial charge in [0.15, 0.2) is 5.82 Å². The van der Waals surface area contributed by atoms with Gasteiger partial charge in [0, 0.05) is 60.4 Å². The van der Waals surface area contributed by atoms with Gasteiger partial charge in [-0.25, -0.2) is 14.4 Å². The van der Waals surface area contributed by atoms with Crippen molar-refractivity contribution in [2.24, 2.45) is 14.1 Å². The lowest BCUT2D eigenvalue weighted by molar-refractivity contribution is 0.626. The first-order chi connectivity index (χ1) is 19.1. The number of anilines is 1. The smallest absolute Gasteiger partial charge is 0.258 e. The van der Waals surface area contributed by atoms with E-state index in [0.29, 0.717) is 55.4 Å². The Morgan fingerprint density at radius 1 is 1.02 bits per heavy atom. The van der Waals surface area contributed by atoms with Crippen LogP contribution in [0.2, 0.25) is 5.02 Å². The maximum Gasteiger partial charge on any atom is 0.258 e. The fourth-order valence-electron chi connectivity index (χ4n) is 4.78. The van der Waals surface area contributed by atoms with E-state index in [0.717, 1.165) is 0 Å². The number of nitriles is 1. The van der Waals surface area contributed by atoms with Crippen LogP contribution in [0.1, 0.15) is 29.7 Å². The van der Waals surface area contributed by atoms with E-state index in [1.807, 2.05) is 6.92 Å². The molecule has 0 aliphatic rings. The highest BCUT2D eigenvalue weighted by Gasteiger charge is 2.18. The highest BCUT2D eigenvalue weighted by molar-refractivity contribution is 6.30. The largest absolute Gasteiger partial charge is 0.377 e. The van der Waals surface area contributed by atoms with E-state index in [1.54, 1.807) is 69.9 Å². The lowest BCUT2D eigenvalue weighted by Crippen LogP contribution is -2.20. The molecule has 0 aliphatic heterocycles. The van der Waals surface area contributed by atoms with E-state index in [2.05, 4.69) is 21.4 Å². The molecular weight excluding hydrogens is 531 g/mol.